The molecule has 0 saturated carbocycles. The van der Waals surface area contributed by atoms with E-state index in [1.54, 1.807) is 0 Å². The van der Waals surface area contributed by atoms with E-state index < -0.39 is 16.0 Å². The van der Waals surface area contributed by atoms with Crippen molar-refractivity contribution in [2.24, 2.45) is 0 Å². The Labute approximate surface area is 73.3 Å². The van der Waals surface area contributed by atoms with Crippen LogP contribution in [-0.4, -0.2) is 8.42 Å². The first-order valence-electron chi connectivity index (χ1n) is 2.92. The third kappa shape index (κ3) is 2.60. The van der Waals surface area contributed by atoms with E-state index in [9.17, 15) is 12.3 Å². The van der Waals surface area contributed by atoms with E-state index in [4.69, 9.17) is 5.26 Å². The maximum absolute atomic E-state index is 12.1. The Morgan fingerprint density at radius 1 is 1.58 bits per heavy atom. The topological polar surface area (TPSA) is 57.9 Å². The lowest BCUT2D eigenvalue weighted by molar-refractivity contribution is 0.551. The summed E-state index contributed by atoms with van der Waals surface area (Å²) in [4.78, 5) is 0.725. The number of hydrogen-bond acceptors (Lipinski definition) is 4. The lowest BCUT2D eigenvalue weighted by atomic mass is 10.4. The second-order valence-corrected chi connectivity index (χ2v) is 4.60. The zero-order valence-electron chi connectivity index (χ0n) is 5.82. The van der Waals surface area contributed by atoms with Gasteiger partial charge >= 0.3 is 10.2 Å². The summed E-state index contributed by atoms with van der Waals surface area (Å²) in [5.74, 6) is -0.640. The van der Waals surface area contributed by atoms with Crippen LogP contribution in [0.2, 0.25) is 0 Å². The molecule has 1 aromatic heterocycles. The Kier molecular flexibility index (Phi) is 2.45. The molecule has 0 N–H and O–H groups in total. The smallest absolute Gasteiger partial charge is 0.194 e. The Bertz CT molecular complexity index is 415. The van der Waals surface area contributed by atoms with Crippen molar-refractivity contribution in [3.8, 4) is 6.07 Å². The molecule has 0 amide bonds. The molecule has 3 nitrogen and oxygen atoms in total. The van der Waals surface area contributed by atoms with Crippen molar-refractivity contribution in [1.82, 2.24) is 0 Å². The highest BCUT2D eigenvalue weighted by molar-refractivity contribution is 7.85. The Morgan fingerprint density at radius 2 is 2.25 bits per heavy atom. The van der Waals surface area contributed by atoms with Gasteiger partial charge in [0.1, 0.15) is 16.7 Å². The van der Waals surface area contributed by atoms with E-state index >= 15 is 0 Å². The van der Waals surface area contributed by atoms with Gasteiger partial charge < -0.3 is 0 Å². The monoisotopic (exact) mass is 205 g/mol. The van der Waals surface area contributed by atoms with Crippen LogP contribution in [0.1, 0.15) is 9.75 Å². The summed E-state index contributed by atoms with van der Waals surface area (Å²) >= 11 is 0.979. The van der Waals surface area contributed by atoms with Gasteiger partial charge in [-0.3, -0.25) is 0 Å². The highest BCUT2D eigenvalue weighted by Gasteiger charge is 2.10. The van der Waals surface area contributed by atoms with Gasteiger partial charge in [0.05, 0.1) is 0 Å². The predicted octanol–water partition coefficient (Wildman–Crippen LogP) is 1.42. The van der Waals surface area contributed by atoms with Gasteiger partial charge in [0, 0.05) is 4.88 Å². The molecule has 64 valence electrons. The number of thiophene rings is 1. The van der Waals surface area contributed by atoms with Crippen molar-refractivity contribution in [1.29, 1.82) is 5.26 Å². The molecule has 1 heterocycles. The molecular weight excluding hydrogens is 201 g/mol. The van der Waals surface area contributed by atoms with Crippen LogP contribution in [0.25, 0.3) is 0 Å². The molecule has 0 aromatic carbocycles. The van der Waals surface area contributed by atoms with Crippen molar-refractivity contribution in [3.05, 3.63) is 21.9 Å². The summed E-state index contributed by atoms with van der Waals surface area (Å²) < 4.78 is 32.4. The van der Waals surface area contributed by atoms with Gasteiger partial charge in [0.2, 0.25) is 0 Å². The Hall–Kier alpha value is -0.930. The summed E-state index contributed by atoms with van der Waals surface area (Å²) in [6, 6.07) is 4.73. The van der Waals surface area contributed by atoms with E-state index in [2.05, 4.69) is 0 Å². The van der Waals surface area contributed by atoms with Gasteiger partial charge in [-0.2, -0.15) is 13.7 Å². The van der Waals surface area contributed by atoms with Crippen LogP contribution in [0.15, 0.2) is 12.1 Å². The molecule has 0 spiro atoms. The maximum Gasteiger partial charge on any atom is 0.307 e. The van der Waals surface area contributed by atoms with E-state index in [-0.39, 0.29) is 0 Å². The largest absolute Gasteiger partial charge is 0.307 e. The molecule has 0 bridgehead atoms. The standard InChI is InChI=1S/C6H4FNO2S2/c7-12(9,10)4-6-2-1-5(3-8)11-6/h1-2H,4H2. The van der Waals surface area contributed by atoms with Gasteiger partial charge in [0.15, 0.2) is 0 Å². The van der Waals surface area contributed by atoms with Crippen molar-refractivity contribution in [2.75, 3.05) is 0 Å². The molecule has 0 saturated heterocycles. The summed E-state index contributed by atoms with van der Waals surface area (Å²) in [7, 11) is -4.47. The third-order valence-electron chi connectivity index (χ3n) is 1.09. The molecule has 0 aliphatic carbocycles. The normalized spacial score (nSPS) is 11.0. The number of nitriles is 1. The maximum atomic E-state index is 12.1. The first-order chi connectivity index (χ1) is 5.51. The van der Waals surface area contributed by atoms with Gasteiger partial charge in [-0.15, -0.1) is 15.2 Å². The molecule has 1 aromatic rings. The number of halogens is 1. The molecule has 0 fully saturated rings. The molecule has 0 radical (unpaired) electrons. The lowest BCUT2D eigenvalue weighted by Gasteiger charge is -1.87. The number of nitrogens with zero attached hydrogens (tertiary/aromatic N) is 1. The van der Waals surface area contributed by atoms with Crippen LogP contribution in [0.3, 0.4) is 0 Å². The molecular formula is C6H4FNO2S2. The van der Waals surface area contributed by atoms with Gasteiger partial charge in [0.25, 0.3) is 0 Å². The van der Waals surface area contributed by atoms with E-state index in [0.717, 1.165) is 11.3 Å². The zero-order chi connectivity index (χ0) is 9.19. The lowest BCUT2D eigenvalue weighted by Crippen LogP contribution is -1.92. The van der Waals surface area contributed by atoms with Crippen LogP contribution in [0.5, 0.6) is 0 Å². The second-order valence-electron chi connectivity index (χ2n) is 2.06. The molecule has 1 rings (SSSR count). The fourth-order valence-electron chi connectivity index (χ4n) is 0.685. The Balaban J connectivity index is 2.87. The summed E-state index contributed by atoms with van der Waals surface area (Å²) in [5.41, 5.74) is 0. The molecule has 0 unspecified atom stereocenters. The van der Waals surface area contributed by atoms with Crippen molar-refractivity contribution < 1.29 is 12.3 Å². The highest BCUT2D eigenvalue weighted by Crippen LogP contribution is 2.18. The minimum absolute atomic E-state index is 0.342. The van der Waals surface area contributed by atoms with E-state index in [1.165, 1.54) is 12.1 Å². The molecule has 0 atom stereocenters. The average molecular weight is 205 g/mol. The van der Waals surface area contributed by atoms with Crippen LogP contribution in [0.4, 0.5) is 3.89 Å². The first-order valence-corrected chi connectivity index (χ1v) is 5.29. The molecule has 0 aliphatic rings. The predicted molar refractivity (Wildman–Crippen MR) is 42.8 cm³/mol. The minimum Gasteiger partial charge on any atom is -0.194 e. The average Bonchev–Trinajstić information content (AvgIpc) is 2.32. The Morgan fingerprint density at radius 3 is 2.67 bits per heavy atom. The molecule has 0 aliphatic heterocycles. The minimum atomic E-state index is -4.47. The molecule has 6 heteroatoms. The van der Waals surface area contributed by atoms with Gasteiger partial charge in [-0.1, -0.05) is 0 Å². The first kappa shape index (κ1) is 9.16. The van der Waals surface area contributed by atoms with Crippen LogP contribution >= 0.6 is 11.3 Å². The third-order valence-corrected chi connectivity index (χ3v) is 2.91. The van der Waals surface area contributed by atoms with Gasteiger partial charge in [-0.05, 0) is 12.1 Å². The van der Waals surface area contributed by atoms with Crippen LogP contribution in [-0.2, 0) is 16.0 Å². The summed E-state index contributed by atoms with van der Waals surface area (Å²) in [5, 5.41) is 8.37. The van der Waals surface area contributed by atoms with Crippen molar-refractivity contribution in [3.63, 3.8) is 0 Å². The van der Waals surface area contributed by atoms with Gasteiger partial charge in [-0.25, -0.2) is 0 Å². The van der Waals surface area contributed by atoms with Crippen molar-refractivity contribution >= 4 is 21.6 Å². The fourth-order valence-corrected chi connectivity index (χ4v) is 2.38. The van der Waals surface area contributed by atoms with Crippen LogP contribution < -0.4 is 0 Å². The van der Waals surface area contributed by atoms with E-state index in [1.807, 2.05) is 6.07 Å². The number of hydrogen-bond donors (Lipinski definition) is 0. The van der Waals surface area contributed by atoms with Crippen LogP contribution in [0, 0.1) is 11.3 Å². The van der Waals surface area contributed by atoms with E-state index in [0.29, 0.717) is 9.75 Å². The summed E-state index contributed by atoms with van der Waals surface area (Å²) in [6.07, 6.45) is 0. The SMILES string of the molecule is N#Cc1ccc(CS(=O)(=O)F)s1. The zero-order valence-corrected chi connectivity index (χ0v) is 7.45. The second kappa shape index (κ2) is 3.21. The van der Waals surface area contributed by atoms with Crippen molar-refractivity contribution in [2.45, 2.75) is 5.75 Å². The highest BCUT2D eigenvalue weighted by atomic mass is 32.3. The number of rotatable bonds is 2. The quantitative estimate of drug-likeness (QED) is 0.686. The molecule has 12 heavy (non-hydrogen) atoms. The fraction of sp³-hybridized carbons (Fsp3) is 0.167. The summed E-state index contributed by atoms with van der Waals surface area (Å²) in [6.45, 7) is 0.